The number of likely N-dealkylation sites (tertiary alicyclic amines) is 1. The summed E-state index contributed by atoms with van der Waals surface area (Å²) in [5.41, 5.74) is 0. The number of ether oxygens (including phenoxy) is 2. The lowest BCUT2D eigenvalue weighted by Gasteiger charge is -2.20. The van der Waals surface area contributed by atoms with Crippen LogP contribution in [0, 0.1) is 11.8 Å². The van der Waals surface area contributed by atoms with E-state index in [9.17, 15) is 4.79 Å². The van der Waals surface area contributed by atoms with Crippen molar-refractivity contribution < 1.29 is 14.3 Å². The Kier molecular flexibility index (Phi) is 6.48. The fourth-order valence-electron chi connectivity index (χ4n) is 3.93. The van der Waals surface area contributed by atoms with Gasteiger partial charge in [-0.25, -0.2) is 0 Å². The predicted octanol–water partition coefficient (Wildman–Crippen LogP) is 3.89. The van der Waals surface area contributed by atoms with Gasteiger partial charge in [0, 0.05) is 35.7 Å². The van der Waals surface area contributed by atoms with E-state index < -0.39 is 0 Å². The first-order valence-corrected chi connectivity index (χ1v) is 10.6. The van der Waals surface area contributed by atoms with E-state index in [1.807, 2.05) is 24.3 Å². The van der Waals surface area contributed by atoms with Gasteiger partial charge >= 0.3 is 0 Å². The second-order valence-electron chi connectivity index (χ2n) is 7.58. The van der Waals surface area contributed by atoms with Gasteiger partial charge in [0.1, 0.15) is 11.5 Å². The van der Waals surface area contributed by atoms with E-state index in [4.69, 9.17) is 32.7 Å². The molecule has 7 heteroatoms. The molecule has 2 aliphatic rings. The van der Waals surface area contributed by atoms with Crippen molar-refractivity contribution in [2.45, 2.75) is 12.5 Å². The first kappa shape index (κ1) is 20.3. The highest BCUT2D eigenvalue weighted by Crippen LogP contribution is 2.45. The van der Waals surface area contributed by atoms with E-state index in [1.165, 1.54) is 0 Å². The maximum absolute atomic E-state index is 12.1. The Balaban J connectivity index is 1.08. The summed E-state index contributed by atoms with van der Waals surface area (Å²) in [4.78, 5) is 14.6. The van der Waals surface area contributed by atoms with E-state index in [-0.39, 0.29) is 18.6 Å². The summed E-state index contributed by atoms with van der Waals surface area (Å²) in [5.74, 6) is 2.55. The van der Waals surface area contributed by atoms with Crippen molar-refractivity contribution in [2.24, 2.45) is 11.8 Å². The number of hydrogen-bond donors (Lipinski definition) is 1. The van der Waals surface area contributed by atoms with Gasteiger partial charge in [-0.15, -0.1) is 0 Å². The van der Waals surface area contributed by atoms with Gasteiger partial charge in [0.05, 0.1) is 6.61 Å². The summed E-state index contributed by atoms with van der Waals surface area (Å²) in [5, 5.41) is 4.46. The minimum Gasteiger partial charge on any atom is -0.494 e. The van der Waals surface area contributed by atoms with Gasteiger partial charge in [0.2, 0.25) is 0 Å². The minimum absolute atomic E-state index is 0.0311. The molecule has 1 N–H and O–H groups in total. The normalized spacial score (nSPS) is 22.8. The molecule has 1 amide bonds. The summed E-state index contributed by atoms with van der Waals surface area (Å²) in [7, 11) is 0. The average Bonchev–Trinajstić information content (AvgIpc) is 3.15. The standard InChI is InChI=1S/C22H24Cl2N2O3/c23-15-2-6-17(7-3-15)28-11-1-10-26-12-19-20(13-26)22(19)25-21(27)14-29-18-8-4-16(24)5-9-18/h2-9,19-20,22H,1,10-14H2,(H,25,27)/t19-,20?,22?/m0/s1. The van der Waals surface area contributed by atoms with Crippen molar-refractivity contribution in [1.29, 1.82) is 0 Å². The van der Waals surface area contributed by atoms with Crippen molar-refractivity contribution >= 4 is 29.1 Å². The zero-order valence-electron chi connectivity index (χ0n) is 16.0. The molecule has 1 aliphatic heterocycles. The molecule has 0 bridgehead atoms. The third kappa shape index (κ3) is 5.56. The number of hydrogen-bond acceptors (Lipinski definition) is 4. The summed E-state index contributed by atoms with van der Waals surface area (Å²) in [6.45, 7) is 3.81. The lowest BCUT2D eigenvalue weighted by atomic mass is 10.3. The van der Waals surface area contributed by atoms with Crippen LogP contribution in [0.1, 0.15) is 6.42 Å². The molecule has 3 atom stereocenters. The quantitative estimate of drug-likeness (QED) is 0.608. The van der Waals surface area contributed by atoms with Crippen LogP contribution in [-0.2, 0) is 4.79 Å². The van der Waals surface area contributed by atoms with Crippen LogP contribution in [0.3, 0.4) is 0 Å². The van der Waals surface area contributed by atoms with Gasteiger partial charge in [0.15, 0.2) is 6.61 Å². The second-order valence-corrected chi connectivity index (χ2v) is 8.45. The van der Waals surface area contributed by atoms with Crippen LogP contribution >= 0.6 is 23.2 Å². The molecular weight excluding hydrogens is 411 g/mol. The van der Waals surface area contributed by atoms with Crippen LogP contribution < -0.4 is 14.8 Å². The van der Waals surface area contributed by atoms with E-state index >= 15 is 0 Å². The largest absolute Gasteiger partial charge is 0.494 e. The molecule has 1 aliphatic carbocycles. The number of benzene rings is 2. The zero-order chi connectivity index (χ0) is 20.2. The highest BCUT2D eigenvalue weighted by atomic mass is 35.5. The monoisotopic (exact) mass is 434 g/mol. The number of amides is 1. The van der Waals surface area contributed by atoms with E-state index in [2.05, 4.69) is 10.2 Å². The lowest BCUT2D eigenvalue weighted by Crippen LogP contribution is -2.37. The van der Waals surface area contributed by atoms with Crippen LogP contribution in [0.15, 0.2) is 48.5 Å². The molecule has 2 aromatic carbocycles. The summed E-state index contributed by atoms with van der Waals surface area (Å²) < 4.78 is 11.2. The number of halogens is 2. The van der Waals surface area contributed by atoms with Crippen molar-refractivity contribution in [3.05, 3.63) is 58.6 Å². The topological polar surface area (TPSA) is 50.8 Å². The molecule has 1 saturated heterocycles. The van der Waals surface area contributed by atoms with Crippen LogP contribution in [0.25, 0.3) is 0 Å². The molecule has 4 rings (SSSR count). The molecule has 2 fully saturated rings. The summed E-state index contributed by atoms with van der Waals surface area (Å²) in [6, 6.07) is 14.7. The van der Waals surface area contributed by atoms with Crippen LogP contribution in [0.5, 0.6) is 11.5 Å². The molecule has 1 saturated carbocycles. The van der Waals surface area contributed by atoms with Crippen molar-refractivity contribution in [3.8, 4) is 11.5 Å². The summed E-state index contributed by atoms with van der Waals surface area (Å²) in [6.07, 6.45) is 0.980. The van der Waals surface area contributed by atoms with Gasteiger partial charge in [-0.2, -0.15) is 0 Å². The van der Waals surface area contributed by atoms with Crippen LogP contribution in [-0.4, -0.2) is 49.7 Å². The number of piperidine rings is 1. The van der Waals surface area contributed by atoms with Gasteiger partial charge < -0.3 is 19.7 Å². The Bertz CT molecular complexity index is 817. The molecule has 29 heavy (non-hydrogen) atoms. The van der Waals surface area contributed by atoms with Gasteiger partial charge in [-0.1, -0.05) is 23.2 Å². The van der Waals surface area contributed by atoms with Crippen LogP contribution in [0.2, 0.25) is 10.0 Å². The Labute approximate surface area is 180 Å². The number of rotatable bonds is 9. The molecule has 0 spiro atoms. The number of carbonyl (C=O) groups is 1. The Morgan fingerprint density at radius 1 is 0.931 bits per heavy atom. The molecule has 0 aromatic heterocycles. The first-order valence-electron chi connectivity index (χ1n) is 9.87. The average molecular weight is 435 g/mol. The van der Waals surface area contributed by atoms with Gasteiger partial charge in [0.25, 0.3) is 5.91 Å². The molecule has 0 radical (unpaired) electrons. The highest BCUT2D eigenvalue weighted by molar-refractivity contribution is 6.30. The first-order chi connectivity index (χ1) is 14.1. The molecule has 154 valence electrons. The zero-order valence-corrected chi connectivity index (χ0v) is 17.5. The van der Waals surface area contributed by atoms with Crippen LogP contribution in [0.4, 0.5) is 0 Å². The second kappa shape index (κ2) is 9.24. The Morgan fingerprint density at radius 3 is 2.07 bits per heavy atom. The number of fused-ring (bicyclic) bond motifs is 1. The van der Waals surface area contributed by atoms with E-state index in [1.54, 1.807) is 24.3 Å². The maximum atomic E-state index is 12.1. The number of carbonyl (C=O) groups excluding carboxylic acids is 1. The molecule has 2 unspecified atom stereocenters. The fourth-order valence-corrected chi connectivity index (χ4v) is 4.18. The minimum atomic E-state index is -0.0673. The molecule has 1 heterocycles. The lowest BCUT2D eigenvalue weighted by molar-refractivity contribution is -0.123. The van der Waals surface area contributed by atoms with Crippen molar-refractivity contribution in [2.75, 3.05) is 32.8 Å². The fraction of sp³-hybridized carbons (Fsp3) is 0.409. The smallest absolute Gasteiger partial charge is 0.258 e. The van der Waals surface area contributed by atoms with Crippen molar-refractivity contribution in [1.82, 2.24) is 10.2 Å². The third-order valence-corrected chi connectivity index (χ3v) is 5.99. The molecule has 5 nitrogen and oxygen atoms in total. The highest BCUT2D eigenvalue weighted by Gasteiger charge is 2.56. The third-order valence-electron chi connectivity index (χ3n) is 5.48. The van der Waals surface area contributed by atoms with E-state index in [0.717, 1.165) is 31.8 Å². The molecular formula is C22H24Cl2N2O3. The van der Waals surface area contributed by atoms with E-state index in [0.29, 0.717) is 34.2 Å². The van der Waals surface area contributed by atoms with Gasteiger partial charge in [-0.3, -0.25) is 4.79 Å². The maximum Gasteiger partial charge on any atom is 0.258 e. The number of nitrogens with zero attached hydrogens (tertiary/aromatic N) is 1. The Morgan fingerprint density at radius 2 is 1.48 bits per heavy atom. The Hall–Kier alpha value is -1.95. The van der Waals surface area contributed by atoms with Gasteiger partial charge in [-0.05, 0) is 66.8 Å². The summed E-state index contributed by atoms with van der Waals surface area (Å²) >= 11 is 11.7. The number of nitrogens with one attached hydrogen (secondary N) is 1. The SMILES string of the molecule is O=C(COc1ccc(Cl)cc1)NC1C2CN(CCCOc3ccc(Cl)cc3)C[C@@H]21. The van der Waals surface area contributed by atoms with Crippen molar-refractivity contribution in [3.63, 3.8) is 0 Å². The predicted molar refractivity (Wildman–Crippen MR) is 114 cm³/mol. The molecule has 2 aromatic rings.